The lowest BCUT2D eigenvalue weighted by Gasteiger charge is -2.32. The minimum absolute atomic E-state index is 0.0263. The molecule has 4 heterocycles. The number of anilines is 2. The second kappa shape index (κ2) is 8.12. The first-order valence-electron chi connectivity index (χ1n) is 9.42. The number of aryl methyl sites for hydroxylation is 1. The van der Waals surface area contributed by atoms with Crippen LogP contribution in [0.15, 0.2) is 55.0 Å². The Kier molecular flexibility index (Phi) is 5.23. The summed E-state index contributed by atoms with van der Waals surface area (Å²) in [7, 11) is 0. The van der Waals surface area contributed by atoms with E-state index in [1.54, 1.807) is 24.7 Å². The van der Waals surface area contributed by atoms with E-state index in [0.29, 0.717) is 24.0 Å². The van der Waals surface area contributed by atoms with Gasteiger partial charge in [0.05, 0.1) is 5.69 Å². The van der Waals surface area contributed by atoms with Gasteiger partial charge < -0.3 is 10.2 Å². The molecule has 7 heteroatoms. The third kappa shape index (κ3) is 4.14. The van der Waals surface area contributed by atoms with Crippen molar-refractivity contribution in [1.82, 2.24) is 24.8 Å². The molecule has 1 aliphatic rings. The molecular weight excluding hydrogens is 352 g/mol. The van der Waals surface area contributed by atoms with E-state index in [2.05, 4.69) is 25.3 Å². The molecule has 1 aliphatic heterocycles. The van der Waals surface area contributed by atoms with Crippen molar-refractivity contribution >= 4 is 17.7 Å². The van der Waals surface area contributed by atoms with Crippen molar-refractivity contribution in [1.29, 1.82) is 0 Å². The molecule has 1 N–H and O–H groups in total. The van der Waals surface area contributed by atoms with Crippen molar-refractivity contribution in [2.45, 2.75) is 25.7 Å². The maximum atomic E-state index is 12.7. The van der Waals surface area contributed by atoms with E-state index in [-0.39, 0.29) is 11.8 Å². The number of likely N-dealkylation sites (tertiary alicyclic amines) is 1. The van der Waals surface area contributed by atoms with Crippen LogP contribution in [-0.4, -0.2) is 43.8 Å². The molecular formula is C21H22N6O. The summed E-state index contributed by atoms with van der Waals surface area (Å²) in [5.41, 5.74) is 2.52. The molecule has 0 unspecified atom stereocenters. The first-order chi connectivity index (χ1) is 13.7. The van der Waals surface area contributed by atoms with Gasteiger partial charge in [0, 0.05) is 37.6 Å². The van der Waals surface area contributed by atoms with E-state index in [9.17, 15) is 4.79 Å². The van der Waals surface area contributed by atoms with Crippen LogP contribution in [0.1, 0.15) is 40.5 Å². The number of nitrogens with zero attached hydrogens (tertiary/aromatic N) is 5. The van der Waals surface area contributed by atoms with Crippen molar-refractivity contribution in [2.24, 2.45) is 0 Å². The van der Waals surface area contributed by atoms with Gasteiger partial charge in [-0.3, -0.25) is 9.78 Å². The molecule has 28 heavy (non-hydrogen) atoms. The van der Waals surface area contributed by atoms with Gasteiger partial charge in [-0.15, -0.1) is 0 Å². The summed E-state index contributed by atoms with van der Waals surface area (Å²) in [5.74, 6) is 1.37. The number of pyridine rings is 2. The lowest BCUT2D eigenvalue weighted by molar-refractivity contribution is 0.0700. The minimum atomic E-state index is -0.0263. The monoisotopic (exact) mass is 374 g/mol. The molecule has 3 aromatic rings. The molecule has 0 bridgehead atoms. The van der Waals surface area contributed by atoms with Crippen molar-refractivity contribution in [2.75, 3.05) is 18.4 Å². The number of nitrogens with one attached hydrogen (secondary N) is 1. The highest BCUT2D eigenvalue weighted by Crippen LogP contribution is 2.27. The Bertz CT molecular complexity index is 945. The Balaban J connectivity index is 1.47. The highest BCUT2D eigenvalue weighted by atomic mass is 16.2. The van der Waals surface area contributed by atoms with E-state index in [1.165, 1.54) is 0 Å². The zero-order valence-corrected chi connectivity index (χ0v) is 15.7. The number of aromatic nitrogens is 4. The second-order valence-corrected chi connectivity index (χ2v) is 6.96. The molecule has 0 aliphatic carbocycles. The van der Waals surface area contributed by atoms with Gasteiger partial charge in [0.2, 0.25) is 5.95 Å². The van der Waals surface area contributed by atoms with Crippen LogP contribution in [0.5, 0.6) is 0 Å². The standard InChI is InChI=1S/C21H22N6O/c1-15-7-8-19(24-13-15)26-21-23-11-9-17(25-21)16-5-4-12-27(14-16)20(28)18-6-2-3-10-22-18/h2-3,6-11,13,16H,4-5,12,14H2,1H3,(H,23,24,25,26)/t16-/m1/s1. The summed E-state index contributed by atoms with van der Waals surface area (Å²) in [6.07, 6.45) is 7.13. The smallest absolute Gasteiger partial charge is 0.272 e. The quantitative estimate of drug-likeness (QED) is 0.754. The Labute approximate surface area is 163 Å². The highest BCUT2D eigenvalue weighted by molar-refractivity contribution is 5.92. The van der Waals surface area contributed by atoms with E-state index in [0.717, 1.165) is 30.6 Å². The van der Waals surface area contributed by atoms with Crippen molar-refractivity contribution in [3.63, 3.8) is 0 Å². The maximum Gasteiger partial charge on any atom is 0.272 e. The summed E-state index contributed by atoms with van der Waals surface area (Å²) in [6, 6.07) is 11.2. The average Bonchev–Trinajstić information content (AvgIpc) is 2.76. The lowest BCUT2D eigenvalue weighted by Crippen LogP contribution is -2.39. The minimum Gasteiger partial charge on any atom is -0.337 e. The molecule has 142 valence electrons. The Hall–Kier alpha value is -3.35. The molecule has 1 atom stereocenters. The summed E-state index contributed by atoms with van der Waals surface area (Å²) in [4.78, 5) is 32.1. The molecule has 0 aromatic carbocycles. The Morgan fingerprint density at radius 2 is 2.04 bits per heavy atom. The second-order valence-electron chi connectivity index (χ2n) is 6.96. The zero-order valence-electron chi connectivity index (χ0n) is 15.7. The van der Waals surface area contributed by atoms with Gasteiger partial charge >= 0.3 is 0 Å². The van der Waals surface area contributed by atoms with Gasteiger partial charge in [0.1, 0.15) is 11.5 Å². The average molecular weight is 374 g/mol. The third-order valence-electron chi connectivity index (χ3n) is 4.84. The fourth-order valence-electron chi connectivity index (χ4n) is 3.37. The molecule has 3 aromatic heterocycles. The zero-order chi connectivity index (χ0) is 19.3. The normalized spacial score (nSPS) is 16.6. The largest absolute Gasteiger partial charge is 0.337 e. The summed E-state index contributed by atoms with van der Waals surface area (Å²) >= 11 is 0. The van der Waals surface area contributed by atoms with Crippen molar-refractivity contribution in [3.05, 3.63) is 71.9 Å². The molecule has 4 rings (SSSR count). The van der Waals surface area contributed by atoms with Gasteiger partial charge in [0.25, 0.3) is 5.91 Å². The van der Waals surface area contributed by atoms with Crippen LogP contribution in [0.2, 0.25) is 0 Å². The number of hydrogen-bond acceptors (Lipinski definition) is 6. The van der Waals surface area contributed by atoms with E-state index < -0.39 is 0 Å². The van der Waals surface area contributed by atoms with E-state index in [4.69, 9.17) is 0 Å². The van der Waals surface area contributed by atoms with Gasteiger partial charge in [-0.05, 0) is 49.6 Å². The predicted molar refractivity (Wildman–Crippen MR) is 106 cm³/mol. The molecule has 1 fully saturated rings. The number of piperidine rings is 1. The lowest BCUT2D eigenvalue weighted by atomic mass is 9.94. The molecule has 0 saturated carbocycles. The molecule has 1 amide bonds. The number of amides is 1. The van der Waals surface area contributed by atoms with Crippen LogP contribution >= 0.6 is 0 Å². The number of carbonyl (C=O) groups excluding carboxylic acids is 1. The van der Waals surface area contributed by atoms with Gasteiger partial charge in [-0.25, -0.2) is 15.0 Å². The van der Waals surface area contributed by atoms with Crippen LogP contribution in [0.3, 0.4) is 0 Å². The van der Waals surface area contributed by atoms with Crippen LogP contribution < -0.4 is 5.32 Å². The van der Waals surface area contributed by atoms with Gasteiger partial charge in [0.15, 0.2) is 0 Å². The van der Waals surface area contributed by atoms with Crippen LogP contribution in [-0.2, 0) is 0 Å². The van der Waals surface area contributed by atoms with E-state index >= 15 is 0 Å². The number of hydrogen-bond donors (Lipinski definition) is 1. The van der Waals surface area contributed by atoms with Crippen molar-refractivity contribution in [3.8, 4) is 0 Å². The molecule has 0 radical (unpaired) electrons. The fraction of sp³-hybridized carbons (Fsp3) is 0.286. The molecule has 0 spiro atoms. The van der Waals surface area contributed by atoms with Crippen LogP contribution in [0.25, 0.3) is 0 Å². The number of rotatable bonds is 4. The van der Waals surface area contributed by atoms with Crippen LogP contribution in [0, 0.1) is 6.92 Å². The maximum absolute atomic E-state index is 12.7. The predicted octanol–water partition coefficient (Wildman–Crippen LogP) is 3.34. The highest BCUT2D eigenvalue weighted by Gasteiger charge is 2.27. The van der Waals surface area contributed by atoms with Gasteiger partial charge in [-0.2, -0.15) is 0 Å². The SMILES string of the molecule is Cc1ccc(Nc2nccc([C@@H]3CCCN(C(=O)c4ccccn4)C3)n2)nc1. The van der Waals surface area contributed by atoms with Gasteiger partial charge in [-0.1, -0.05) is 12.1 Å². The summed E-state index contributed by atoms with van der Waals surface area (Å²) in [6.45, 7) is 3.37. The number of carbonyl (C=O) groups is 1. The summed E-state index contributed by atoms with van der Waals surface area (Å²) < 4.78 is 0. The van der Waals surface area contributed by atoms with Crippen LogP contribution in [0.4, 0.5) is 11.8 Å². The van der Waals surface area contributed by atoms with Crippen molar-refractivity contribution < 1.29 is 4.79 Å². The Morgan fingerprint density at radius 3 is 2.82 bits per heavy atom. The third-order valence-corrected chi connectivity index (χ3v) is 4.84. The van der Waals surface area contributed by atoms with E-state index in [1.807, 2.05) is 42.2 Å². The fourth-order valence-corrected chi connectivity index (χ4v) is 3.37. The summed E-state index contributed by atoms with van der Waals surface area (Å²) in [5, 5.41) is 3.15. The topological polar surface area (TPSA) is 83.9 Å². The first kappa shape index (κ1) is 18.0. The molecule has 1 saturated heterocycles. The molecule has 7 nitrogen and oxygen atoms in total. The first-order valence-corrected chi connectivity index (χ1v) is 9.42. The Morgan fingerprint density at radius 1 is 1.11 bits per heavy atom.